The predicted octanol–water partition coefficient (Wildman–Crippen LogP) is 2.96. The fourth-order valence-corrected chi connectivity index (χ4v) is 1.06. The van der Waals surface area contributed by atoms with Gasteiger partial charge in [0.25, 0.3) is 0 Å². The van der Waals surface area contributed by atoms with Gasteiger partial charge in [0.1, 0.15) is 0 Å². The lowest BCUT2D eigenvalue weighted by atomic mass is 10.0. The first-order chi connectivity index (χ1) is 8.08. The van der Waals surface area contributed by atoms with Crippen molar-refractivity contribution in [1.82, 2.24) is 9.55 Å². The molecule has 0 aliphatic rings. The molecule has 96 valence electrons. The summed E-state index contributed by atoms with van der Waals surface area (Å²) in [5, 5.41) is 7.96. The first-order valence-corrected chi connectivity index (χ1v) is 6.01. The minimum Gasteiger partial charge on any atom is -0.381 e. The molecule has 0 atom stereocenters. The number of nitrogens with zero attached hydrogens (tertiary/aromatic N) is 3. The van der Waals surface area contributed by atoms with Gasteiger partial charge in [-0.3, -0.25) is 0 Å². The third-order valence-electron chi connectivity index (χ3n) is 2.63. The van der Waals surface area contributed by atoms with Crippen molar-refractivity contribution < 1.29 is 4.74 Å². The molecule has 4 nitrogen and oxygen atoms in total. The van der Waals surface area contributed by atoms with E-state index in [1.807, 2.05) is 31.7 Å². The number of aromatic nitrogens is 2. The van der Waals surface area contributed by atoms with E-state index in [-0.39, 0.29) is 5.54 Å². The highest BCUT2D eigenvalue weighted by atomic mass is 16.5. The Bertz CT molecular complexity index is 312. The Balaban J connectivity index is 0.000000325. The molecule has 1 heterocycles. The summed E-state index contributed by atoms with van der Waals surface area (Å²) in [5.41, 5.74) is 0.219. The molecule has 0 bridgehead atoms. The first-order valence-electron chi connectivity index (χ1n) is 6.01. The van der Waals surface area contributed by atoms with Crippen molar-refractivity contribution in [3.8, 4) is 6.07 Å². The largest absolute Gasteiger partial charge is 0.381 e. The van der Waals surface area contributed by atoms with Gasteiger partial charge in [-0.2, -0.15) is 5.26 Å². The summed E-state index contributed by atoms with van der Waals surface area (Å²) in [6, 6.07) is 1.98. The van der Waals surface area contributed by atoms with Crippen LogP contribution in [0.15, 0.2) is 18.7 Å². The molecule has 4 heteroatoms. The predicted molar refractivity (Wildman–Crippen MR) is 68.6 cm³/mol. The zero-order chi connectivity index (χ0) is 13.1. The molecule has 1 aromatic heterocycles. The Morgan fingerprint density at radius 3 is 2.53 bits per heavy atom. The molecule has 0 aliphatic heterocycles. The molecular weight excluding hydrogens is 214 g/mol. The van der Waals surface area contributed by atoms with Crippen LogP contribution in [-0.2, 0) is 10.3 Å². The van der Waals surface area contributed by atoms with Crippen molar-refractivity contribution in [2.24, 2.45) is 0 Å². The standard InChI is InChI=1S/C8H14N2.C5H9NO/c1-4-8(2,3)10-6-5-9-7-10;1-2-7-5-3-4-6/h5-7H,4H2,1-3H3;2-3,5H2,1H3. The van der Waals surface area contributed by atoms with E-state index in [4.69, 9.17) is 10.00 Å². The summed E-state index contributed by atoms with van der Waals surface area (Å²) < 4.78 is 6.98. The van der Waals surface area contributed by atoms with Crippen LogP contribution in [0.1, 0.15) is 40.5 Å². The highest BCUT2D eigenvalue weighted by Gasteiger charge is 2.15. The van der Waals surface area contributed by atoms with Crippen LogP contribution < -0.4 is 0 Å². The fourth-order valence-electron chi connectivity index (χ4n) is 1.06. The van der Waals surface area contributed by atoms with Gasteiger partial charge in [0.15, 0.2) is 0 Å². The van der Waals surface area contributed by atoms with Crippen LogP contribution in [0.3, 0.4) is 0 Å². The molecule has 0 radical (unpaired) electrons. The van der Waals surface area contributed by atoms with Crippen LogP contribution in [0.2, 0.25) is 0 Å². The van der Waals surface area contributed by atoms with Gasteiger partial charge in [-0.05, 0) is 27.2 Å². The van der Waals surface area contributed by atoms with E-state index in [0.29, 0.717) is 19.6 Å². The van der Waals surface area contributed by atoms with Crippen LogP contribution >= 0.6 is 0 Å². The van der Waals surface area contributed by atoms with Gasteiger partial charge in [0.2, 0.25) is 0 Å². The SMILES string of the molecule is CCC(C)(C)n1ccnc1.CCOCCC#N. The number of imidazole rings is 1. The fraction of sp³-hybridized carbons (Fsp3) is 0.692. The normalized spacial score (nSPS) is 10.3. The van der Waals surface area contributed by atoms with Crippen molar-refractivity contribution in [2.75, 3.05) is 13.2 Å². The minimum atomic E-state index is 0.219. The van der Waals surface area contributed by atoms with Crippen molar-refractivity contribution in [3.05, 3.63) is 18.7 Å². The third kappa shape index (κ3) is 6.75. The Kier molecular flexibility index (Phi) is 8.08. The average Bonchev–Trinajstić information content (AvgIpc) is 2.85. The Morgan fingerprint density at radius 2 is 2.12 bits per heavy atom. The van der Waals surface area contributed by atoms with Crippen LogP contribution in [0.5, 0.6) is 0 Å². The van der Waals surface area contributed by atoms with E-state index in [1.54, 1.807) is 0 Å². The molecule has 0 spiro atoms. The van der Waals surface area contributed by atoms with Crippen LogP contribution in [-0.4, -0.2) is 22.8 Å². The highest BCUT2D eigenvalue weighted by Crippen LogP contribution is 2.17. The Labute approximate surface area is 104 Å². The molecule has 0 aromatic carbocycles. The summed E-state index contributed by atoms with van der Waals surface area (Å²) in [6.45, 7) is 9.79. The Morgan fingerprint density at radius 1 is 1.41 bits per heavy atom. The van der Waals surface area contributed by atoms with Gasteiger partial charge in [-0.25, -0.2) is 4.98 Å². The molecule has 0 aliphatic carbocycles. The van der Waals surface area contributed by atoms with Crippen LogP contribution in [0.4, 0.5) is 0 Å². The number of ether oxygens (including phenoxy) is 1. The minimum absolute atomic E-state index is 0.219. The Hall–Kier alpha value is -1.34. The van der Waals surface area contributed by atoms with Gasteiger partial charge in [-0.15, -0.1) is 0 Å². The van der Waals surface area contributed by atoms with Gasteiger partial charge in [0.05, 0.1) is 25.4 Å². The first kappa shape index (κ1) is 15.7. The van der Waals surface area contributed by atoms with Crippen molar-refractivity contribution in [2.45, 2.75) is 46.1 Å². The topological polar surface area (TPSA) is 50.8 Å². The zero-order valence-corrected chi connectivity index (χ0v) is 11.3. The van der Waals surface area contributed by atoms with E-state index in [0.717, 1.165) is 6.42 Å². The third-order valence-corrected chi connectivity index (χ3v) is 2.63. The lowest BCUT2D eigenvalue weighted by molar-refractivity contribution is 0.153. The maximum atomic E-state index is 7.96. The van der Waals surface area contributed by atoms with E-state index < -0.39 is 0 Å². The monoisotopic (exact) mass is 237 g/mol. The summed E-state index contributed by atoms with van der Waals surface area (Å²) in [7, 11) is 0. The quantitative estimate of drug-likeness (QED) is 0.740. The molecule has 0 amide bonds. The summed E-state index contributed by atoms with van der Waals surface area (Å²) in [5.74, 6) is 0. The zero-order valence-electron chi connectivity index (χ0n) is 11.3. The van der Waals surface area contributed by atoms with E-state index >= 15 is 0 Å². The molecule has 1 rings (SSSR count). The van der Waals surface area contributed by atoms with Crippen LogP contribution in [0.25, 0.3) is 0 Å². The summed E-state index contributed by atoms with van der Waals surface area (Å²) >= 11 is 0. The van der Waals surface area contributed by atoms with Crippen LogP contribution in [0, 0.1) is 11.3 Å². The number of nitriles is 1. The van der Waals surface area contributed by atoms with Crippen molar-refractivity contribution in [1.29, 1.82) is 5.26 Å². The second-order valence-corrected chi connectivity index (χ2v) is 4.24. The van der Waals surface area contributed by atoms with Gasteiger partial charge < -0.3 is 9.30 Å². The van der Waals surface area contributed by atoms with E-state index in [2.05, 4.69) is 30.3 Å². The molecule has 17 heavy (non-hydrogen) atoms. The van der Waals surface area contributed by atoms with Gasteiger partial charge >= 0.3 is 0 Å². The van der Waals surface area contributed by atoms with Gasteiger partial charge in [0, 0.05) is 24.5 Å². The molecule has 0 fully saturated rings. The second-order valence-electron chi connectivity index (χ2n) is 4.24. The number of rotatable bonds is 5. The number of hydrogen-bond donors (Lipinski definition) is 0. The molecule has 0 N–H and O–H groups in total. The van der Waals surface area contributed by atoms with E-state index in [1.165, 1.54) is 0 Å². The molecule has 0 saturated heterocycles. The maximum absolute atomic E-state index is 7.96. The van der Waals surface area contributed by atoms with E-state index in [9.17, 15) is 0 Å². The molecule has 1 aromatic rings. The number of hydrogen-bond acceptors (Lipinski definition) is 3. The molecule has 0 saturated carbocycles. The lowest BCUT2D eigenvalue weighted by Gasteiger charge is -2.24. The second kappa shape index (κ2) is 8.77. The van der Waals surface area contributed by atoms with Crippen molar-refractivity contribution >= 4 is 0 Å². The lowest BCUT2D eigenvalue weighted by Crippen LogP contribution is -2.23. The van der Waals surface area contributed by atoms with Gasteiger partial charge in [-0.1, -0.05) is 6.92 Å². The highest BCUT2D eigenvalue weighted by molar-refractivity contribution is 4.84. The molecule has 0 unspecified atom stereocenters. The summed E-state index contributed by atoms with van der Waals surface area (Å²) in [4.78, 5) is 4.00. The molecular formula is C13H23N3O. The smallest absolute Gasteiger partial charge is 0.0950 e. The van der Waals surface area contributed by atoms with Crippen molar-refractivity contribution in [3.63, 3.8) is 0 Å². The average molecular weight is 237 g/mol. The summed E-state index contributed by atoms with van der Waals surface area (Å²) in [6.07, 6.45) is 7.32. The maximum Gasteiger partial charge on any atom is 0.0950 e.